The molecule has 4 amide bonds. The number of nitrogens with zero attached hydrogens (tertiary/aromatic N) is 5. The van der Waals surface area contributed by atoms with Gasteiger partial charge in [-0.25, -0.2) is 23.9 Å². The van der Waals surface area contributed by atoms with Crippen LogP contribution < -0.4 is 15.5 Å². The molecule has 0 spiro atoms. The van der Waals surface area contributed by atoms with Crippen molar-refractivity contribution in [3.05, 3.63) is 114 Å². The Kier molecular flexibility index (Phi) is 13.7. The lowest BCUT2D eigenvalue weighted by Gasteiger charge is -2.35. The predicted octanol–water partition coefficient (Wildman–Crippen LogP) is 9.56. The van der Waals surface area contributed by atoms with Crippen LogP contribution in [0.3, 0.4) is 0 Å². The molecule has 15 nitrogen and oxygen atoms in total. The molecule has 68 heavy (non-hydrogen) atoms. The van der Waals surface area contributed by atoms with E-state index >= 15 is 0 Å². The molecular formula is C52H64FN9O6. The van der Waals surface area contributed by atoms with Crippen LogP contribution in [0, 0.1) is 16.6 Å². The maximum Gasteiger partial charge on any atom is 0.407 e. The van der Waals surface area contributed by atoms with Crippen molar-refractivity contribution in [3.63, 3.8) is 0 Å². The van der Waals surface area contributed by atoms with E-state index in [2.05, 4.69) is 74.0 Å². The number of likely N-dealkylation sites (tertiary alicyclic amines) is 2. The molecule has 8 rings (SSSR count). The number of anilines is 1. The van der Waals surface area contributed by atoms with E-state index in [1.54, 1.807) is 0 Å². The first kappa shape index (κ1) is 47.8. The molecule has 0 aliphatic carbocycles. The molecule has 3 aromatic carbocycles. The number of benzene rings is 3. The third-order valence-electron chi connectivity index (χ3n) is 13.7. The second-order valence-electron chi connectivity index (χ2n) is 20.4. The number of imidazole rings is 2. The van der Waals surface area contributed by atoms with E-state index in [1.807, 2.05) is 75.9 Å². The number of halogens is 1. The summed E-state index contributed by atoms with van der Waals surface area (Å²) in [7, 11) is 2.58. The third kappa shape index (κ3) is 9.95. The molecule has 0 unspecified atom stereocenters. The average molecular weight is 930 g/mol. The Morgan fingerprint density at radius 1 is 0.603 bits per heavy atom. The normalized spacial score (nSPS) is 20.6. The summed E-state index contributed by atoms with van der Waals surface area (Å²) in [5, 5.41) is 5.49. The molecule has 5 aromatic rings. The lowest BCUT2D eigenvalue weighted by Crippen LogP contribution is -2.54. The fraction of sp³-hybridized carbons (Fsp3) is 0.462. The zero-order valence-electron chi connectivity index (χ0n) is 40.3. The fourth-order valence-electron chi connectivity index (χ4n) is 10.1. The van der Waals surface area contributed by atoms with Crippen LogP contribution in [0.15, 0.2) is 85.2 Å². The van der Waals surface area contributed by atoms with Crippen molar-refractivity contribution in [1.82, 2.24) is 40.4 Å². The summed E-state index contributed by atoms with van der Waals surface area (Å²) in [5.41, 5.74) is 5.73. The average Bonchev–Trinajstić information content (AvgIpc) is 4.18. The molecule has 6 atom stereocenters. The Morgan fingerprint density at radius 2 is 1.00 bits per heavy atom. The van der Waals surface area contributed by atoms with Crippen molar-refractivity contribution < 1.29 is 33.0 Å². The zero-order valence-corrected chi connectivity index (χ0v) is 40.3. The number of hydrogen-bond donors (Lipinski definition) is 4. The Morgan fingerprint density at radius 3 is 1.37 bits per heavy atom. The topological polar surface area (TPSA) is 178 Å². The Labute approximate surface area is 397 Å². The van der Waals surface area contributed by atoms with E-state index in [-0.39, 0.29) is 41.8 Å². The van der Waals surface area contributed by atoms with Crippen LogP contribution >= 0.6 is 0 Å². The Bertz CT molecular complexity index is 2420. The fourth-order valence-corrected chi connectivity index (χ4v) is 10.1. The first-order valence-corrected chi connectivity index (χ1v) is 23.6. The van der Waals surface area contributed by atoms with Gasteiger partial charge in [-0.15, -0.1) is 0 Å². The van der Waals surface area contributed by atoms with Crippen molar-refractivity contribution in [3.8, 4) is 22.5 Å². The van der Waals surface area contributed by atoms with Gasteiger partial charge in [0.2, 0.25) is 11.8 Å². The van der Waals surface area contributed by atoms with E-state index < -0.39 is 35.1 Å². The second kappa shape index (κ2) is 19.5. The van der Waals surface area contributed by atoms with Crippen LogP contribution in [0.5, 0.6) is 0 Å². The summed E-state index contributed by atoms with van der Waals surface area (Å²) >= 11 is 0. The van der Waals surface area contributed by atoms with Gasteiger partial charge in [0.25, 0.3) is 0 Å². The van der Waals surface area contributed by atoms with Crippen LogP contribution in [0.4, 0.5) is 19.7 Å². The Hall–Kier alpha value is -6.71. The number of aromatic amines is 2. The highest BCUT2D eigenvalue weighted by atomic mass is 19.1. The van der Waals surface area contributed by atoms with Gasteiger partial charge < -0.3 is 44.8 Å². The molecule has 4 N–H and O–H groups in total. The van der Waals surface area contributed by atoms with Gasteiger partial charge in [0, 0.05) is 18.8 Å². The molecule has 3 aliphatic rings. The van der Waals surface area contributed by atoms with Crippen molar-refractivity contribution in [2.75, 3.05) is 32.2 Å². The maximum atomic E-state index is 14.3. The first-order valence-electron chi connectivity index (χ1n) is 23.6. The van der Waals surface area contributed by atoms with E-state index in [1.165, 1.54) is 26.4 Å². The lowest BCUT2D eigenvalue weighted by atomic mass is 9.85. The highest BCUT2D eigenvalue weighted by molar-refractivity contribution is 5.88. The van der Waals surface area contributed by atoms with Crippen LogP contribution in [-0.2, 0) is 19.1 Å². The summed E-state index contributed by atoms with van der Waals surface area (Å²) in [6, 6.07) is 21.7. The monoisotopic (exact) mass is 929 g/mol. The molecule has 0 radical (unpaired) electrons. The molecule has 3 aliphatic heterocycles. The quantitative estimate of drug-likeness (QED) is 0.100. The van der Waals surface area contributed by atoms with Gasteiger partial charge in [-0.05, 0) is 95.9 Å². The SMILES string of the molecule is COC(=O)N[C@H](C(=O)N1CCC[C@H]1c1ncc(-c2ccc([C@@H]3CC[C@@H](c4ccc(-c5cnc([C@@H]6CCCN6C(=O)[C@@H](NC(=O)OC)C(C)(C)C)[nH]5)cc4)N3c3ccc(F)cc3)cc2)[nH]1)C(C)(C)C. The number of carbonyl (C=O) groups excluding carboxylic acids is 4. The van der Waals surface area contributed by atoms with E-state index in [4.69, 9.17) is 19.4 Å². The molecule has 360 valence electrons. The smallest absolute Gasteiger partial charge is 0.407 e. The molecule has 0 saturated carbocycles. The molecule has 0 bridgehead atoms. The van der Waals surface area contributed by atoms with Gasteiger partial charge in [0.15, 0.2) is 0 Å². The minimum absolute atomic E-state index is 0.0249. The number of aromatic nitrogens is 4. The van der Waals surface area contributed by atoms with Crippen molar-refractivity contribution in [2.24, 2.45) is 10.8 Å². The number of amides is 4. The largest absolute Gasteiger partial charge is 0.453 e. The summed E-state index contributed by atoms with van der Waals surface area (Å²) < 4.78 is 24.0. The molecular weight excluding hydrogens is 866 g/mol. The molecule has 5 heterocycles. The van der Waals surface area contributed by atoms with Crippen LogP contribution in [0.2, 0.25) is 0 Å². The van der Waals surface area contributed by atoms with Gasteiger partial charge in [-0.2, -0.15) is 0 Å². The van der Waals surface area contributed by atoms with Gasteiger partial charge in [0.05, 0.1) is 62.2 Å². The lowest BCUT2D eigenvalue weighted by molar-refractivity contribution is -0.137. The minimum atomic E-state index is -0.764. The second-order valence-corrected chi connectivity index (χ2v) is 20.4. The number of alkyl carbamates (subject to hydrolysis) is 2. The van der Waals surface area contributed by atoms with Gasteiger partial charge in [-0.1, -0.05) is 90.1 Å². The van der Waals surface area contributed by atoms with Crippen molar-refractivity contribution in [1.29, 1.82) is 0 Å². The maximum absolute atomic E-state index is 14.3. The van der Waals surface area contributed by atoms with Gasteiger partial charge >= 0.3 is 12.2 Å². The highest BCUT2D eigenvalue weighted by Crippen LogP contribution is 2.47. The molecule has 2 aromatic heterocycles. The summed E-state index contributed by atoms with van der Waals surface area (Å²) in [6.07, 6.45) is 7.25. The number of hydrogen-bond acceptors (Lipinski definition) is 9. The number of rotatable bonds is 11. The molecule has 16 heteroatoms. The molecule has 3 fully saturated rings. The van der Waals surface area contributed by atoms with E-state index in [0.717, 1.165) is 77.9 Å². The molecule has 3 saturated heterocycles. The first-order chi connectivity index (χ1) is 32.4. The van der Waals surface area contributed by atoms with E-state index in [9.17, 15) is 23.6 Å². The number of carbonyl (C=O) groups is 4. The van der Waals surface area contributed by atoms with Gasteiger partial charge in [-0.3, -0.25) is 9.59 Å². The Balaban J connectivity index is 0.979. The van der Waals surface area contributed by atoms with Crippen molar-refractivity contribution >= 4 is 29.7 Å². The van der Waals surface area contributed by atoms with E-state index in [0.29, 0.717) is 24.7 Å². The summed E-state index contributed by atoms with van der Waals surface area (Å²) in [4.78, 5) is 74.7. The van der Waals surface area contributed by atoms with Crippen LogP contribution in [-0.4, -0.2) is 93.1 Å². The number of methoxy groups -OCH3 is 2. The van der Waals surface area contributed by atoms with Crippen molar-refractivity contribution in [2.45, 2.75) is 116 Å². The standard InChI is InChI=1S/C52H64FN9O6/c1-51(2,3)43(58-49(65)67-7)47(63)60-27-9-11-41(60)45-54-29-37(56-45)31-13-17-33(18-14-31)39-25-26-40(62(39)36-23-21-35(53)22-24-36)34-19-15-32(16-20-34)38-30-55-46(57-38)42-12-10-28-61(42)48(64)44(52(4,5)6)59-50(66)68-8/h13-24,29-30,39-44H,9-12,25-28H2,1-8H3,(H,54,56)(H,55,57)(H,58,65)(H,59,66)/t39-,40-,41-,42-,43+,44+/m0/s1. The number of ether oxygens (including phenoxy) is 2. The number of nitrogens with one attached hydrogen (secondary N) is 4. The third-order valence-corrected chi connectivity index (χ3v) is 13.7. The van der Waals surface area contributed by atoms with Crippen LogP contribution in [0.1, 0.15) is 127 Å². The number of H-pyrrole nitrogens is 2. The van der Waals surface area contributed by atoms with Crippen LogP contribution in [0.25, 0.3) is 22.5 Å². The zero-order chi connectivity index (χ0) is 48.5. The predicted molar refractivity (Wildman–Crippen MR) is 257 cm³/mol. The highest BCUT2D eigenvalue weighted by Gasteiger charge is 2.43. The summed E-state index contributed by atoms with van der Waals surface area (Å²) in [5.74, 6) is 0.784. The van der Waals surface area contributed by atoms with Gasteiger partial charge in [0.1, 0.15) is 29.5 Å². The minimum Gasteiger partial charge on any atom is -0.453 e. The summed E-state index contributed by atoms with van der Waals surface area (Å²) in [6.45, 7) is 12.6.